The second kappa shape index (κ2) is 11.1. The van der Waals surface area contributed by atoms with Gasteiger partial charge in [-0.05, 0) is 72.0 Å². The maximum absolute atomic E-state index is 6.58. The van der Waals surface area contributed by atoms with E-state index in [2.05, 4.69) is 166 Å². The van der Waals surface area contributed by atoms with Crippen molar-refractivity contribution < 1.29 is 4.74 Å². The Morgan fingerprint density at radius 3 is 2.20 bits per heavy atom. The molecule has 6 aromatic rings. The molecule has 0 unspecified atom stereocenters. The van der Waals surface area contributed by atoms with Crippen molar-refractivity contribution >= 4 is 33.2 Å². The Balaban J connectivity index is 1.25. The Bertz CT molecular complexity index is 2110. The number of pyridine rings is 1. The highest BCUT2D eigenvalue weighted by molar-refractivity contribution is 6.09. The van der Waals surface area contributed by atoms with Crippen LogP contribution in [0, 0.1) is 12.3 Å². The van der Waals surface area contributed by atoms with Crippen LogP contribution in [-0.2, 0) is 5.41 Å². The molecule has 0 spiro atoms. The summed E-state index contributed by atoms with van der Waals surface area (Å²) in [6.45, 7) is 16.5. The summed E-state index contributed by atoms with van der Waals surface area (Å²) in [5.74, 6) is 2.49. The minimum absolute atomic E-state index is 0.0136. The van der Waals surface area contributed by atoms with E-state index < -0.39 is 0 Å². The van der Waals surface area contributed by atoms with Gasteiger partial charge < -0.3 is 14.5 Å². The Morgan fingerprint density at radius 2 is 1.41 bits per heavy atom. The summed E-state index contributed by atoms with van der Waals surface area (Å²) in [5.41, 5.74) is 8.34. The van der Waals surface area contributed by atoms with E-state index in [1.807, 2.05) is 12.3 Å². The first-order valence-corrected chi connectivity index (χ1v) is 16.1. The molecule has 1 aliphatic rings. The van der Waals surface area contributed by atoms with E-state index >= 15 is 0 Å². The standard InChI is InChI=1S/C41H42N4O/c1-28-13-8-10-17-35(28)44-27-43(26-38(44)41(5,6)7)30-14-12-15-31(24-30)46-32-19-20-34-33-16-9-11-18-36(33)45(37(34)25-32)39-23-29(21-22-42-39)40(2,3)4/h8-26H,27H2,1-7H3. The van der Waals surface area contributed by atoms with E-state index in [4.69, 9.17) is 9.72 Å². The van der Waals surface area contributed by atoms with Gasteiger partial charge in [0, 0.05) is 57.8 Å². The van der Waals surface area contributed by atoms with Crippen molar-refractivity contribution in [1.82, 2.24) is 9.55 Å². The SMILES string of the molecule is Cc1ccccc1N1CN(c2cccc(Oc3ccc4c5ccccc5n(-c5cc(C(C)(C)C)ccn5)c4c3)c2)C=C1C(C)(C)C. The lowest BCUT2D eigenvalue weighted by Gasteiger charge is -2.31. The largest absolute Gasteiger partial charge is 0.457 e. The highest BCUT2D eigenvalue weighted by Gasteiger charge is 2.32. The van der Waals surface area contributed by atoms with Crippen molar-refractivity contribution in [2.24, 2.45) is 5.41 Å². The number of para-hydroxylation sites is 2. The molecular formula is C41H42N4O. The Kier molecular flexibility index (Phi) is 7.16. The summed E-state index contributed by atoms with van der Waals surface area (Å²) in [5, 5.41) is 2.37. The van der Waals surface area contributed by atoms with Crippen LogP contribution in [0.25, 0.3) is 27.6 Å². The number of aryl methyl sites for hydroxylation is 1. The molecule has 0 bridgehead atoms. The summed E-state index contributed by atoms with van der Waals surface area (Å²) in [6, 6.07) is 36.2. The van der Waals surface area contributed by atoms with Crippen LogP contribution in [0.3, 0.4) is 0 Å². The molecule has 0 amide bonds. The second-order valence-corrected chi connectivity index (χ2v) is 14.4. The fourth-order valence-electron chi connectivity index (χ4n) is 6.44. The van der Waals surface area contributed by atoms with Gasteiger partial charge in [-0.1, -0.05) is 84.0 Å². The van der Waals surface area contributed by atoms with Gasteiger partial charge in [0.25, 0.3) is 0 Å². The first-order chi connectivity index (χ1) is 22.0. The third-order valence-electron chi connectivity index (χ3n) is 8.91. The molecule has 0 N–H and O–H groups in total. The predicted octanol–water partition coefficient (Wildman–Crippen LogP) is 10.7. The first-order valence-electron chi connectivity index (χ1n) is 16.1. The topological polar surface area (TPSA) is 33.5 Å². The van der Waals surface area contributed by atoms with Crippen LogP contribution < -0.4 is 14.5 Å². The van der Waals surface area contributed by atoms with Gasteiger partial charge >= 0.3 is 0 Å². The number of aromatic nitrogens is 2. The summed E-state index contributed by atoms with van der Waals surface area (Å²) in [6.07, 6.45) is 4.20. The minimum atomic E-state index is -0.0136. The van der Waals surface area contributed by atoms with Crippen LogP contribution in [-0.4, -0.2) is 16.2 Å². The Labute approximate surface area is 272 Å². The van der Waals surface area contributed by atoms with Gasteiger partial charge in [-0.15, -0.1) is 0 Å². The second-order valence-electron chi connectivity index (χ2n) is 14.4. The molecule has 0 saturated heterocycles. The number of allylic oxidation sites excluding steroid dienone is 1. The van der Waals surface area contributed by atoms with E-state index in [-0.39, 0.29) is 10.8 Å². The molecule has 0 atom stereocenters. The molecule has 7 rings (SSSR count). The van der Waals surface area contributed by atoms with Gasteiger partial charge in [0.15, 0.2) is 0 Å². The van der Waals surface area contributed by atoms with Gasteiger partial charge in [0.2, 0.25) is 0 Å². The van der Waals surface area contributed by atoms with Crippen LogP contribution >= 0.6 is 0 Å². The Morgan fingerprint density at radius 1 is 0.674 bits per heavy atom. The summed E-state index contributed by atoms with van der Waals surface area (Å²) < 4.78 is 8.84. The molecule has 0 radical (unpaired) electrons. The Hall–Kier alpha value is -5.03. The number of benzene rings is 4. The van der Waals surface area contributed by atoms with Crippen LogP contribution in [0.5, 0.6) is 11.5 Å². The number of fused-ring (bicyclic) bond motifs is 3. The average Bonchev–Trinajstić information content (AvgIpc) is 3.61. The highest BCUT2D eigenvalue weighted by Crippen LogP contribution is 2.40. The number of nitrogens with zero attached hydrogens (tertiary/aromatic N) is 4. The number of hydrogen-bond donors (Lipinski definition) is 0. The number of ether oxygens (including phenoxy) is 1. The highest BCUT2D eigenvalue weighted by atomic mass is 16.5. The van der Waals surface area contributed by atoms with E-state index in [1.54, 1.807) is 0 Å². The summed E-state index contributed by atoms with van der Waals surface area (Å²) in [4.78, 5) is 9.57. The van der Waals surface area contributed by atoms with E-state index in [9.17, 15) is 0 Å². The average molecular weight is 607 g/mol. The van der Waals surface area contributed by atoms with Crippen molar-refractivity contribution in [2.75, 3.05) is 16.5 Å². The van der Waals surface area contributed by atoms with Crippen molar-refractivity contribution in [3.8, 4) is 17.3 Å². The molecule has 0 fully saturated rings. The van der Waals surface area contributed by atoms with Gasteiger partial charge in [-0.25, -0.2) is 4.98 Å². The van der Waals surface area contributed by atoms with Gasteiger partial charge in [-0.3, -0.25) is 4.57 Å². The number of hydrogen-bond acceptors (Lipinski definition) is 4. The van der Waals surface area contributed by atoms with Crippen molar-refractivity contribution in [1.29, 1.82) is 0 Å². The molecule has 232 valence electrons. The first kappa shape index (κ1) is 29.7. The third kappa shape index (κ3) is 5.40. The zero-order chi connectivity index (χ0) is 32.2. The number of rotatable bonds is 5. The molecular weight excluding hydrogens is 564 g/mol. The molecule has 2 aromatic heterocycles. The van der Waals surface area contributed by atoms with Crippen molar-refractivity contribution in [3.05, 3.63) is 132 Å². The fraction of sp³-hybridized carbons (Fsp3) is 0.244. The minimum Gasteiger partial charge on any atom is -0.457 e. The lowest BCUT2D eigenvalue weighted by molar-refractivity contribution is 0.483. The summed E-state index contributed by atoms with van der Waals surface area (Å²) >= 11 is 0. The lowest BCUT2D eigenvalue weighted by Crippen LogP contribution is -2.31. The van der Waals surface area contributed by atoms with Crippen LogP contribution in [0.15, 0.2) is 121 Å². The predicted molar refractivity (Wildman–Crippen MR) is 192 cm³/mol. The molecule has 0 saturated carbocycles. The van der Waals surface area contributed by atoms with Crippen LogP contribution in [0.1, 0.15) is 52.7 Å². The van der Waals surface area contributed by atoms with Gasteiger partial charge in [0.1, 0.15) is 17.3 Å². The number of anilines is 2. The maximum Gasteiger partial charge on any atom is 0.137 e. The lowest BCUT2D eigenvalue weighted by atomic mass is 9.88. The zero-order valence-electron chi connectivity index (χ0n) is 27.9. The zero-order valence-corrected chi connectivity index (χ0v) is 27.9. The van der Waals surface area contributed by atoms with Crippen LogP contribution in [0.4, 0.5) is 11.4 Å². The molecule has 4 aromatic carbocycles. The van der Waals surface area contributed by atoms with Crippen LogP contribution in [0.2, 0.25) is 0 Å². The normalized spacial score (nSPS) is 13.9. The quantitative estimate of drug-likeness (QED) is 0.195. The maximum atomic E-state index is 6.58. The van der Waals surface area contributed by atoms with E-state index in [0.29, 0.717) is 0 Å². The molecule has 5 heteroatoms. The van der Waals surface area contributed by atoms with E-state index in [0.717, 1.165) is 40.7 Å². The fourth-order valence-corrected chi connectivity index (χ4v) is 6.44. The molecule has 0 aliphatic carbocycles. The van der Waals surface area contributed by atoms with E-state index in [1.165, 1.54) is 33.3 Å². The van der Waals surface area contributed by atoms with Gasteiger partial charge in [-0.2, -0.15) is 0 Å². The van der Waals surface area contributed by atoms with Crippen molar-refractivity contribution in [2.45, 2.75) is 53.9 Å². The smallest absolute Gasteiger partial charge is 0.137 e. The monoisotopic (exact) mass is 606 g/mol. The summed E-state index contributed by atoms with van der Waals surface area (Å²) in [7, 11) is 0. The molecule has 5 nitrogen and oxygen atoms in total. The molecule has 46 heavy (non-hydrogen) atoms. The molecule has 3 heterocycles. The van der Waals surface area contributed by atoms with Crippen molar-refractivity contribution in [3.63, 3.8) is 0 Å². The van der Waals surface area contributed by atoms with Gasteiger partial charge in [0.05, 0.1) is 17.7 Å². The molecule has 1 aliphatic heterocycles. The third-order valence-corrected chi connectivity index (χ3v) is 8.91.